The molecule has 0 aromatic heterocycles. The molecule has 2 heteroatoms. The van der Waals surface area contributed by atoms with Gasteiger partial charge >= 0.3 is 0 Å². The predicted octanol–water partition coefficient (Wildman–Crippen LogP) is 2.38. The third-order valence-corrected chi connectivity index (χ3v) is 2.06. The van der Waals surface area contributed by atoms with Crippen LogP contribution in [0.25, 0.3) is 0 Å². The SMILES string of the molecule is [2H]CCSc1ccccc1N. The van der Waals surface area contributed by atoms with Gasteiger partial charge in [-0.05, 0) is 17.9 Å². The summed E-state index contributed by atoms with van der Waals surface area (Å²) in [4.78, 5) is 1.08. The Morgan fingerprint density at radius 1 is 1.60 bits per heavy atom. The molecule has 0 aliphatic carbocycles. The van der Waals surface area contributed by atoms with E-state index in [1.807, 2.05) is 24.3 Å². The Morgan fingerprint density at radius 3 is 3.10 bits per heavy atom. The lowest BCUT2D eigenvalue weighted by molar-refractivity contribution is 1.43. The number of anilines is 1. The Labute approximate surface area is 67.0 Å². The first-order valence-electron chi connectivity index (χ1n) is 3.82. The fourth-order valence-corrected chi connectivity index (χ4v) is 1.35. The number of nitrogen functional groups attached to an aromatic ring is 1. The third-order valence-electron chi connectivity index (χ3n) is 1.18. The van der Waals surface area contributed by atoms with Crippen molar-refractivity contribution >= 4 is 17.4 Å². The highest BCUT2D eigenvalue weighted by atomic mass is 32.2. The van der Waals surface area contributed by atoms with Crippen molar-refractivity contribution in [1.29, 1.82) is 0 Å². The second kappa shape index (κ2) is 3.52. The first-order valence-corrected chi connectivity index (χ1v) is 4.09. The molecule has 0 fully saturated rings. The Hall–Kier alpha value is -0.630. The smallest absolute Gasteiger partial charge is 0.0452 e. The van der Waals surface area contributed by atoms with Crippen molar-refractivity contribution in [3.63, 3.8) is 0 Å². The van der Waals surface area contributed by atoms with Crippen molar-refractivity contribution in [2.24, 2.45) is 0 Å². The van der Waals surface area contributed by atoms with Gasteiger partial charge in [-0.1, -0.05) is 19.0 Å². The van der Waals surface area contributed by atoms with Crippen molar-refractivity contribution in [3.05, 3.63) is 24.3 Å². The van der Waals surface area contributed by atoms with Crippen LogP contribution in [0.1, 0.15) is 8.27 Å². The third kappa shape index (κ3) is 1.67. The van der Waals surface area contributed by atoms with Crippen molar-refractivity contribution in [3.8, 4) is 0 Å². The Bertz CT molecular complexity index is 227. The number of nitrogens with two attached hydrogens (primary N) is 1. The molecule has 1 nitrogen and oxygen atoms in total. The Balaban J connectivity index is 2.62. The van der Waals surface area contributed by atoms with Crippen LogP contribution in [-0.4, -0.2) is 5.75 Å². The van der Waals surface area contributed by atoms with Gasteiger partial charge in [0.25, 0.3) is 0 Å². The lowest BCUT2D eigenvalue weighted by atomic mass is 10.3. The lowest BCUT2D eigenvalue weighted by Crippen LogP contribution is -1.86. The molecule has 1 aromatic rings. The molecule has 0 saturated carbocycles. The molecule has 0 bridgehead atoms. The predicted molar refractivity (Wildman–Crippen MR) is 47.3 cm³/mol. The summed E-state index contributed by atoms with van der Waals surface area (Å²) in [6, 6.07) is 7.74. The molecule has 1 rings (SSSR count). The van der Waals surface area contributed by atoms with E-state index in [9.17, 15) is 0 Å². The van der Waals surface area contributed by atoms with Gasteiger partial charge in [0, 0.05) is 12.0 Å². The van der Waals surface area contributed by atoms with Gasteiger partial charge in [-0.3, -0.25) is 0 Å². The summed E-state index contributed by atoms with van der Waals surface area (Å²) >= 11 is 1.63. The fraction of sp³-hybridized carbons (Fsp3) is 0.250. The average molecular weight is 154 g/mol. The van der Waals surface area contributed by atoms with Crippen LogP contribution in [0.5, 0.6) is 0 Å². The van der Waals surface area contributed by atoms with Gasteiger partial charge in [-0.2, -0.15) is 0 Å². The zero-order valence-corrected chi connectivity index (χ0v) is 6.53. The summed E-state index contributed by atoms with van der Waals surface area (Å²) in [5, 5.41) is 0. The number of thioether (sulfide) groups is 1. The van der Waals surface area contributed by atoms with Crippen molar-refractivity contribution in [1.82, 2.24) is 0 Å². The summed E-state index contributed by atoms with van der Waals surface area (Å²) in [6.07, 6.45) is 0. The number of benzene rings is 1. The maximum atomic E-state index is 6.96. The van der Waals surface area contributed by atoms with Crippen LogP contribution in [0.4, 0.5) is 5.69 Å². The van der Waals surface area contributed by atoms with Crippen LogP contribution in [0.15, 0.2) is 29.2 Å². The molecular formula is C8H11NS. The standard InChI is InChI=1S/C8H11NS/c1-2-10-8-6-4-3-5-7(8)9/h3-6H,2,9H2,1H3/i1D. The van der Waals surface area contributed by atoms with E-state index < -0.39 is 0 Å². The maximum absolute atomic E-state index is 6.96. The molecule has 0 radical (unpaired) electrons. The van der Waals surface area contributed by atoms with Crippen LogP contribution in [0, 0.1) is 0 Å². The van der Waals surface area contributed by atoms with E-state index in [0.717, 1.165) is 16.3 Å². The monoisotopic (exact) mass is 154 g/mol. The van der Waals surface area contributed by atoms with Crippen molar-refractivity contribution in [2.75, 3.05) is 11.5 Å². The van der Waals surface area contributed by atoms with Gasteiger partial charge in [-0.25, -0.2) is 0 Å². The topological polar surface area (TPSA) is 26.0 Å². The zero-order valence-electron chi connectivity index (χ0n) is 6.71. The van der Waals surface area contributed by atoms with Gasteiger partial charge in [0.1, 0.15) is 0 Å². The summed E-state index contributed by atoms with van der Waals surface area (Å²) in [5.74, 6) is 0.814. The Morgan fingerprint density at radius 2 is 2.40 bits per heavy atom. The maximum Gasteiger partial charge on any atom is 0.0452 e. The van der Waals surface area contributed by atoms with E-state index in [0.29, 0.717) is 6.90 Å². The van der Waals surface area contributed by atoms with Crippen LogP contribution >= 0.6 is 11.8 Å². The summed E-state index contributed by atoms with van der Waals surface area (Å²) < 4.78 is 6.96. The minimum Gasteiger partial charge on any atom is -0.398 e. The zero-order chi connectivity index (χ0) is 8.10. The van der Waals surface area contributed by atoms with Gasteiger partial charge in [0.15, 0.2) is 0 Å². The molecule has 0 atom stereocenters. The van der Waals surface area contributed by atoms with Crippen LogP contribution in [0.3, 0.4) is 0 Å². The number of rotatable bonds is 2. The van der Waals surface area contributed by atoms with Gasteiger partial charge in [0.2, 0.25) is 0 Å². The highest BCUT2D eigenvalue weighted by molar-refractivity contribution is 7.99. The van der Waals surface area contributed by atoms with Gasteiger partial charge in [-0.15, -0.1) is 11.8 Å². The van der Waals surface area contributed by atoms with Crippen LogP contribution < -0.4 is 5.73 Å². The number of para-hydroxylation sites is 1. The minimum absolute atomic E-state index is 0.443. The minimum atomic E-state index is 0.443. The first-order chi connectivity index (χ1) is 5.34. The molecule has 2 N–H and O–H groups in total. The lowest BCUT2D eigenvalue weighted by Gasteiger charge is -2.00. The van der Waals surface area contributed by atoms with Gasteiger partial charge in [0.05, 0.1) is 0 Å². The average Bonchev–Trinajstić information content (AvgIpc) is 2.03. The summed E-state index contributed by atoms with van der Waals surface area (Å²) in [5.41, 5.74) is 6.49. The van der Waals surface area contributed by atoms with Crippen LogP contribution in [-0.2, 0) is 0 Å². The first kappa shape index (κ1) is 6.10. The van der Waals surface area contributed by atoms with Crippen molar-refractivity contribution < 1.29 is 1.37 Å². The number of hydrogen-bond acceptors (Lipinski definition) is 2. The molecule has 0 aliphatic rings. The molecule has 1 aromatic carbocycles. The largest absolute Gasteiger partial charge is 0.398 e. The molecule has 0 aliphatic heterocycles. The second-order valence-corrected chi connectivity index (χ2v) is 3.02. The Kier molecular flexibility index (Phi) is 2.15. The summed E-state index contributed by atoms with van der Waals surface area (Å²) in [6.45, 7) is 0.443. The van der Waals surface area contributed by atoms with Gasteiger partial charge < -0.3 is 5.73 Å². The molecule has 0 saturated heterocycles. The van der Waals surface area contributed by atoms with E-state index >= 15 is 0 Å². The fourth-order valence-electron chi connectivity index (χ4n) is 0.722. The molecule has 0 heterocycles. The van der Waals surface area contributed by atoms with E-state index in [1.54, 1.807) is 11.8 Å². The number of hydrogen-bond donors (Lipinski definition) is 1. The molecule has 0 unspecified atom stereocenters. The molecular weight excluding hydrogens is 142 g/mol. The highest BCUT2D eigenvalue weighted by Gasteiger charge is 1.93. The molecule has 10 heavy (non-hydrogen) atoms. The molecule has 54 valence electrons. The second-order valence-electron chi connectivity index (χ2n) is 1.89. The molecule has 0 spiro atoms. The summed E-state index contributed by atoms with van der Waals surface area (Å²) in [7, 11) is 0. The normalized spacial score (nSPS) is 11.0. The van der Waals surface area contributed by atoms with E-state index in [-0.39, 0.29) is 0 Å². The van der Waals surface area contributed by atoms with E-state index in [4.69, 9.17) is 7.10 Å². The van der Waals surface area contributed by atoms with E-state index in [2.05, 4.69) is 0 Å². The van der Waals surface area contributed by atoms with E-state index in [1.165, 1.54) is 0 Å². The highest BCUT2D eigenvalue weighted by Crippen LogP contribution is 2.23. The van der Waals surface area contributed by atoms with Crippen molar-refractivity contribution in [2.45, 2.75) is 11.8 Å². The van der Waals surface area contributed by atoms with Crippen LogP contribution in [0.2, 0.25) is 0 Å². The quantitative estimate of drug-likeness (QED) is 0.523. The molecule has 0 amide bonds.